The molecule has 0 aliphatic heterocycles. The van der Waals surface area contributed by atoms with Gasteiger partial charge in [-0.05, 0) is 31.4 Å². The number of hydrogen-bond donors (Lipinski definition) is 2. The Hall–Kier alpha value is -1.23. The summed E-state index contributed by atoms with van der Waals surface area (Å²) >= 11 is 1.69. The molecule has 0 aliphatic carbocycles. The molecule has 2 N–H and O–H groups in total. The van der Waals surface area contributed by atoms with Crippen LogP contribution in [0.5, 0.6) is 0 Å². The van der Waals surface area contributed by atoms with E-state index in [9.17, 15) is 9.18 Å². The molecule has 0 fully saturated rings. The zero-order valence-corrected chi connectivity index (χ0v) is 9.97. The van der Waals surface area contributed by atoms with Crippen LogP contribution >= 0.6 is 11.8 Å². The average molecular weight is 243 g/mol. The highest BCUT2D eigenvalue weighted by Gasteiger charge is 2.10. The van der Waals surface area contributed by atoms with E-state index in [1.165, 1.54) is 12.1 Å². The quantitative estimate of drug-likeness (QED) is 0.834. The monoisotopic (exact) mass is 243 g/mol. The van der Waals surface area contributed by atoms with Gasteiger partial charge in [0.15, 0.2) is 0 Å². The predicted molar refractivity (Wildman–Crippen MR) is 64.8 cm³/mol. The Morgan fingerprint density at radius 3 is 2.81 bits per heavy atom. The van der Waals surface area contributed by atoms with Crippen LogP contribution in [-0.2, 0) is 0 Å². The maximum Gasteiger partial charge on any atom is 0.338 e. The topological polar surface area (TPSA) is 49.3 Å². The van der Waals surface area contributed by atoms with Crippen molar-refractivity contribution in [3.05, 3.63) is 29.6 Å². The molecule has 5 heteroatoms. The third-order valence-electron chi connectivity index (χ3n) is 2.03. The summed E-state index contributed by atoms with van der Waals surface area (Å²) in [4.78, 5) is 10.6. The van der Waals surface area contributed by atoms with E-state index in [-0.39, 0.29) is 11.6 Å². The normalized spacial score (nSPS) is 12.2. The van der Waals surface area contributed by atoms with Gasteiger partial charge in [-0.3, -0.25) is 0 Å². The number of benzene rings is 1. The maximum absolute atomic E-state index is 13.3. The highest BCUT2D eigenvalue weighted by Crippen LogP contribution is 2.16. The van der Waals surface area contributed by atoms with Crippen LogP contribution in [0, 0.1) is 5.82 Å². The van der Waals surface area contributed by atoms with Crippen molar-refractivity contribution >= 4 is 23.4 Å². The average Bonchev–Trinajstić information content (AvgIpc) is 2.17. The summed E-state index contributed by atoms with van der Waals surface area (Å²) in [5, 5.41) is 11.8. The van der Waals surface area contributed by atoms with Crippen molar-refractivity contribution in [3.8, 4) is 0 Å². The first-order valence-electron chi connectivity index (χ1n) is 4.83. The van der Waals surface area contributed by atoms with Crippen molar-refractivity contribution in [3.63, 3.8) is 0 Å². The number of halogens is 1. The molecule has 0 amide bonds. The van der Waals surface area contributed by atoms with Crippen LogP contribution in [0.2, 0.25) is 0 Å². The summed E-state index contributed by atoms with van der Waals surface area (Å²) in [6.45, 7) is 1.99. The molecule has 16 heavy (non-hydrogen) atoms. The second-order valence-electron chi connectivity index (χ2n) is 3.50. The lowest BCUT2D eigenvalue weighted by Gasteiger charge is -2.14. The van der Waals surface area contributed by atoms with Crippen molar-refractivity contribution in [2.24, 2.45) is 0 Å². The SMILES string of the molecule is CSCC(C)Nc1ccc(C(=O)O)c(F)c1. The van der Waals surface area contributed by atoms with Crippen LogP contribution in [0.4, 0.5) is 10.1 Å². The predicted octanol–water partition coefficient (Wildman–Crippen LogP) is 2.69. The van der Waals surface area contributed by atoms with Crippen molar-refractivity contribution in [1.82, 2.24) is 0 Å². The van der Waals surface area contributed by atoms with Gasteiger partial charge in [0.2, 0.25) is 0 Å². The molecule has 1 atom stereocenters. The van der Waals surface area contributed by atoms with Crippen molar-refractivity contribution < 1.29 is 14.3 Å². The third-order valence-corrected chi connectivity index (χ3v) is 2.86. The smallest absolute Gasteiger partial charge is 0.338 e. The molecule has 88 valence electrons. The van der Waals surface area contributed by atoms with E-state index >= 15 is 0 Å². The molecular weight excluding hydrogens is 229 g/mol. The molecule has 1 aromatic carbocycles. The van der Waals surface area contributed by atoms with Gasteiger partial charge in [-0.2, -0.15) is 11.8 Å². The second-order valence-corrected chi connectivity index (χ2v) is 4.41. The van der Waals surface area contributed by atoms with Crippen molar-refractivity contribution in [1.29, 1.82) is 0 Å². The number of thioether (sulfide) groups is 1. The van der Waals surface area contributed by atoms with Gasteiger partial charge in [0.05, 0.1) is 5.56 Å². The van der Waals surface area contributed by atoms with Crippen LogP contribution < -0.4 is 5.32 Å². The lowest BCUT2D eigenvalue weighted by molar-refractivity contribution is 0.0692. The first kappa shape index (κ1) is 12.8. The van der Waals surface area contributed by atoms with Gasteiger partial charge in [-0.15, -0.1) is 0 Å². The molecular formula is C11H14FNO2S. The summed E-state index contributed by atoms with van der Waals surface area (Å²) in [5.41, 5.74) is 0.298. The molecule has 0 radical (unpaired) electrons. The minimum absolute atomic E-state index is 0.213. The van der Waals surface area contributed by atoms with Crippen LogP contribution in [0.1, 0.15) is 17.3 Å². The number of anilines is 1. The Bertz CT molecular complexity index is 384. The van der Waals surface area contributed by atoms with Gasteiger partial charge in [0.1, 0.15) is 5.82 Å². The van der Waals surface area contributed by atoms with Gasteiger partial charge in [-0.25, -0.2) is 9.18 Å². The Morgan fingerprint density at radius 2 is 2.31 bits per heavy atom. The van der Waals surface area contributed by atoms with E-state index in [1.807, 2.05) is 13.2 Å². The van der Waals surface area contributed by atoms with Crippen LogP contribution in [0.15, 0.2) is 18.2 Å². The van der Waals surface area contributed by atoms with Crippen molar-refractivity contribution in [2.45, 2.75) is 13.0 Å². The number of rotatable bonds is 5. The van der Waals surface area contributed by atoms with Gasteiger partial charge in [-0.1, -0.05) is 0 Å². The summed E-state index contributed by atoms with van der Waals surface area (Å²) in [5.74, 6) is -1.06. The molecule has 1 unspecified atom stereocenters. The molecule has 1 aromatic rings. The standard InChI is InChI=1S/C11H14FNO2S/c1-7(6-16-2)13-8-3-4-9(11(14)15)10(12)5-8/h3-5,7,13H,6H2,1-2H3,(H,14,15). The molecule has 0 heterocycles. The zero-order chi connectivity index (χ0) is 12.1. The molecule has 0 bridgehead atoms. The molecule has 0 saturated carbocycles. The van der Waals surface area contributed by atoms with E-state index in [1.54, 1.807) is 17.8 Å². The fourth-order valence-electron chi connectivity index (χ4n) is 1.35. The van der Waals surface area contributed by atoms with E-state index in [2.05, 4.69) is 5.32 Å². The Balaban J connectivity index is 2.77. The number of carboxylic acid groups (broad SMARTS) is 1. The number of carboxylic acids is 1. The first-order valence-corrected chi connectivity index (χ1v) is 6.22. The van der Waals surface area contributed by atoms with Crippen LogP contribution in [0.3, 0.4) is 0 Å². The van der Waals surface area contributed by atoms with Crippen molar-refractivity contribution in [2.75, 3.05) is 17.3 Å². The first-order chi connectivity index (χ1) is 7.54. The van der Waals surface area contributed by atoms with Gasteiger partial charge >= 0.3 is 5.97 Å². The number of carbonyl (C=O) groups is 1. The van der Waals surface area contributed by atoms with E-state index in [0.29, 0.717) is 5.69 Å². The summed E-state index contributed by atoms with van der Waals surface area (Å²) < 4.78 is 13.3. The fraction of sp³-hybridized carbons (Fsp3) is 0.364. The lowest BCUT2D eigenvalue weighted by Crippen LogP contribution is -2.18. The Morgan fingerprint density at radius 1 is 1.62 bits per heavy atom. The second kappa shape index (κ2) is 5.75. The summed E-state index contributed by atoms with van der Waals surface area (Å²) in [6.07, 6.45) is 1.99. The fourth-order valence-corrected chi connectivity index (χ4v) is 1.94. The number of aromatic carboxylic acids is 1. The largest absolute Gasteiger partial charge is 0.478 e. The van der Waals surface area contributed by atoms with Gasteiger partial charge in [0, 0.05) is 17.5 Å². The van der Waals surface area contributed by atoms with E-state index in [4.69, 9.17) is 5.11 Å². The highest BCUT2D eigenvalue weighted by molar-refractivity contribution is 7.98. The molecule has 0 aromatic heterocycles. The molecule has 0 saturated heterocycles. The van der Waals surface area contributed by atoms with Gasteiger partial charge in [0.25, 0.3) is 0 Å². The summed E-state index contributed by atoms with van der Waals surface area (Å²) in [7, 11) is 0. The zero-order valence-electron chi connectivity index (χ0n) is 9.16. The van der Waals surface area contributed by atoms with Gasteiger partial charge < -0.3 is 10.4 Å². The van der Waals surface area contributed by atoms with Crippen LogP contribution in [-0.4, -0.2) is 29.1 Å². The summed E-state index contributed by atoms with van der Waals surface area (Å²) in [6, 6.07) is 4.26. The van der Waals surface area contributed by atoms with Crippen LogP contribution in [0.25, 0.3) is 0 Å². The lowest BCUT2D eigenvalue weighted by atomic mass is 10.2. The molecule has 0 aliphatic rings. The minimum atomic E-state index is -1.25. The highest BCUT2D eigenvalue weighted by atomic mass is 32.2. The number of hydrogen-bond acceptors (Lipinski definition) is 3. The molecule has 1 rings (SSSR count). The third kappa shape index (κ3) is 3.41. The minimum Gasteiger partial charge on any atom is -0.478 e. The van der Waals surface area contributed by atoms with E-state index < -0.39 is 11.8 Å². The Labute approximate surface area is 98.1 Å². The molecule has 3 nitrogen and oxygen atoms in total. The number of nitrogens with one attached hydrogen (secondary N) is 1. The van der Waals surface area contributed by atoms with E-state index in [0.717, 1.165) is 5.75 Å². The Kier molecular flexibility index (Phi) is 4.61. The molecule has 0 spiro atoms. The maximum atomic E-state index is 13.3.